The van der Waals surface area contributed by atoms with Gasteiger partial charge >= 0.3 is 19.5 Å². The molecular formula is C66H58N8O4Zn. The number of hydrogen-bond acceptors (Lipinski definition) is 8. The number of nitrogens with zero attached hydrogens (tertiary/aromatic N) is 8. The zero-order valence-corrected chi connectivity index (χ0v) is 48.3. The van der Waals surface area contributed by atoms with E-state index in [4.69, 9.17) is 19.9 Å². The Kier molecular flexibility index (Phi) is 15.4. The van der Waals surface area contributed by atoms with E-state index in [1.165, 1.54) is 0 Å². The number of rotatable bonds is 14. The van der Waals surface area contributed by atoms with Gasteiger partial charge in [0.15, 0.2) is 0 Å². The fourth-order valence-electron chi connectivity index (χ4n) is 10.9. The van der Waals surface area contributed by atoms with E-state index in [1.807, 2.05) is 84.9 Å². The summed E-state index contributed by atoms with van der Waals surface area (Å²) in [7, 11) is 4.12. The van der Waals surface area contributed by atoms with Gasteiger partial charge in [-0.15, -0.1) is 0 Å². The van der Waals surface area contributed by atoms with Crippen molar-refractivity contribution in [2.75, 3.05) is 0 Å². The number of benzene rings is 8. The van der Waals surface area contributed by atoms with Crippen molar-refractivity contribution < 1.29 is 39.3 Å². The molecule has 0 fully saturated rings. The van der Waals surface area contributed by atoms with Crippen LogP contribution in [0.15, 0.2) is 170 Å². The second kappa shape index (κ2) is 22.7. The average Bonchev–Trinajstić information content (AvgIpc) is 4.39. The first-order valence-corrected chi connectivity index (χ1v) is 26.5. The summed E-state index contributed by atoms with van der Waals surface area (Å²) in [6.07, 6.45) is 3.76. The first-order valence-electron chi connectivity index (χ1n) is 26.5. The molecule has 0 radical (unpaired) electrons. The fraction of sp³-hybridized carbons (Fsp3) is 0.182. The van der Waals surface area contributed by atoms with Crippen molar-refractivity contribution in [3.8, 4) is 45.0 Å². The predicted octanol–water partition coefficient (Wildman–Crippen LogP) is 11.9. The van der Waals surface area contributed by atoms with Gasteiger partial charge in [0, 0.05) is 62.3 Å². The summed E-state index contributed by atoms with van der Waals surface area (Å²) >= 11 is 0. The predicted molar refractivity (Wildman–Crippen MR) is 307 cm³/mol. The molecule has 388 valence electrons. The van der Waals surface area contributed by atoms with Gasteiger partial charge in [-0.1, -0.05) is 135 Å². The van der Waals surface area contributed by atoms with E-state index >= 15 is 0 Å². The summed E-state index contributed by atoms with van der Waals surface area (Å²) in [6, 6.07) is 55.2. The molecule has 8 aromatic carbocycles. The van der Waals surface area contributed by atoms with Crippen LogP contribution in [-0.2, 0) is 59.5 Å². The van der Waals surface area contributed by atoms with Gasteiger partial charge in [0.2, 0.25) is 0 Å². The first kappa shape index (κ1) is 53.6. The summed E-state index contributed by atoms with van der Waals surface area (Å²) in [4.78, 5) is 43.2. The Bertz CT molecular complexity index is 3970. The monoisotopic (exact) mass is 1090 g/mol. The van der Waals surface area contributed by atoms with Crippen LogP contribution in [0.5, 0.6) is 0 Å². The molecule has 4 heterocycles. The van der Waals surface area contributed by atoms with Gasteiger partial charge in [-0.3, -0.25) is 0 Å². The topological polar surface area (TPSA) is 152 Å². The van der Waals surface area contributed by atoms with E-state index in [1.54, 1.807) is 24.3 Å². The molecule has 0 amide bonds. The average molecular weight is 1090 g/mol. The molecule has 0 N–H and O–H groups in total. The quantitative estimate of drug-likeness (QED) is 0.0976. The van der Waals surface area contributed by atoms with Crippen LogP contribution >= 0.6 is 0 Å². The molecule has 0 atom stereocenters. The molecule has 79 heavy (non-hydrogen) atoms. The zero-order chi connectivity index (χ0) is 54.2. The van der Waals surface area contributed by atoms with E-state index in [0.717, 1.165) is 138 Å². The largest absolute Gasteiger partial charge is 2.00 e. The Labute approximate surface area is 471 Å². The molecule has 13 heteroatoms. The van der Waals surface area contributed by atoms with E-state index in [2.05, 4.69) is 121 Å². The Morgan fingerprint density at radius 1 is 0.443 bits per heavy atom. The summed E-state index contributed by atoms with van der Waals surface area (Å²) in [5.74, 6) is 1.64. The van der Waals surface area contributed by atoms with Gasteiger partial charge < -0.3 is 38.1 Å². The number of aromatic nitrogens is 8. The van der Waals surface area contributed by atoms with Crippen LogP contribution in [0.25, 0.3) is 89.2 Å². The number of carbonyl (C=O) groups is 2. The van der Waals surface area contributed by atoms with Crippen molar-refractivity contribution in [2.24, 2.45) is 14.1 Å². The van der Waals surface area contributed by atoms with Crippen molar-refractivity contribution >= 4 is 56.1 Å². The molecule has 12 aromatic rings. The minimum atomic E-state index is -1.17. The van der Waals surface area contributed by atoms with Gasteiger partial charge in [0.1, 0.15) is 23.3 Å². The molecular weight excluding hydrogens is 1030 g/mol. The summed E-state index contributed by atoms with van der Waals surface area (Å²) < 4.78 is 8.91. The number of imidazole rings is 4. The fourth-order valence-corrected chi connectivity index (χ4v) is 10.9. The van der Waals surface area contributed by atoms with Crippen molar-refractivity contribution in [3.05, 3.63) is 215 Å². The molecule has 0 saturated carbocycles. The molecule has 0 spiro atoms. The van der Waals surface area contributed by atoms with E-state index in [9.17, 15) is 19.8 Å². The third-order valence-electron chi connectivity index (χ3n) is 14.8. The molecule has 12 rings (SSSR count). The van der Waals surface area contributed by atoms with Crippen LogP contribution in [0, 0.1) is 13.8 Å². The van der Waals surface area contributed by atoms with Crippen molar-refractivity contribution in [1.29, 1.82) is 0 Å². The smallest absolute Gasteiger partial charge is 0.545 e. The number of carboxylic acid groups (broad SMARTS) is 2. The molecule has 0 aliphatic heterocycles. The summed E-state index contributed by atoms with van der Waals surface area (Å²) in [5, 5.41) is 23.2. The van der Waals surface area contributed by atoms with E-state index < -0.39 is 11.9 Å². The molecule has 0 bridgehead atoms. The van der Waals surface area contributed by atoms with Crippen molar-refractivity contribution in [2.45, 2.75) is 66.5 Å². The zero-order valence-electron chi connectivity index (χ0n) is 45.3. The van der Waals surface area contributed by atoms with Crippen LogP contribution in [0.3, 0.4) is 0 Å². The maximum absolute atomic E-state index is 11.6. The molecule has 4 aromatic heterocycles. The SMILES string of the molecule is CCCc1nc2c(C)cc(-c3nc4ccccc4n3C)cc2n1Cc1ccc(-c2ccccc2C(=O)[O-])cc1.CCCc1nc2c(C)cc(-c3nc4ccccc4n3C)cc2n1Cc1ccc(-c2ccccc2C(=O)[O-])cc1.[Zn+2]. The third kappa shape index (κ3) is 10.4. The van der Waals surface area contributed by atoms with Crippen molar-refractivity contribution in [3.63, 3.8) is 0 Å². The van der Waals surface area contributed by atoms with Gasteiger partial charge in [0.25, 0.3) is 0 Å². The number of para-hydroxylation sites is 4. The molecule has 0 aliphatic carbocycles. The minimum Gasteiger partial charge on any atom is -0.545 e. The second-order valence-corrected chi connectivity index (χ2v) is 20.1. The number of aryl methyl sites for hydroxylation is 6. The van der Waals surface area contributed by atoms with Crippen LogP contribution in [-0.4, -0.2) is 50.1 Å². The van der Waals surface area contributed by atoms with Crippen LogP contribution in [0.4, 0.5) is 0 Å². The number of fused-ring (bicyclic) bond motifs is 4. The number of carboxylic acids is 2. The van der Waals surface area contributed by atoms with Gasteiger partial charge in [0.05, 0.1) is 56.1 Å². The Morgan fingerprint density at radius 2 is 0.810 bits per heavy atom. The maximum atomic E-state index is 11.6. The van der Waals surface area contributed by atoms with Crippen LogP contribution in [0.1, 0.15) is 81.3 Å². The summed E-state index contributed by atoms with van der Waals surface area (Å²) in [6.45, 7) is 9.91. The van der Waals surface area contributed by atoms with Crippen LogP contribution in [0.2, 0.25) is 0 Å². The molecule has 12 nitrogen and oxygen atoms in total. The van der Waals surface area contributed by atoms with Crippen LogP contribution < -0.4 is 10.2 Å². The van der Waals surface area contributed by atoms with Gasteiger partial charge in [-0.25, -0.2) is 19.9 Å². The number of hydrogen-bond donors (Lipinski definition) is 0. The van der Waals surface area contributed by atoms with Crippen molar-refractivity contribution in [1.82, 2.24) is 38.2 Å². The number of carbonyl (C=O) groups excluding carboxylic acids is 2. The Balaban J connectivity index is 0.000000176. The van der Waals surface area contributed by atoms with Gasteiger partial charge in [-0.2, -0.15) is 0 Å². The normalized spacial score (nSPS) is 11.3. The van der Waals surface area contributed by atoms with E-state index in [-0.39, 0.29) is 30.6 Å². The van der Waals surface area contributed by atoms with E-state index in [0.29, 0.717) is 24.2 Å². The molecule has 0 aliphatic rings. The minimum absolute atomic E-state index is 0. The standard InChI is InChI=1S/2C33H30N4O2.Zn/c2*1-4-9-30-35-31-21(2)18-24(32-34-27-12-7-8-13-28(27)36(32)3)19-29(31)37(30)20-22-14-16-23(17-15-22)25-10-5-6-11-26(25)33(38)39;/h2*5-8,10-19H,4,9,20H2,1-3H3,(H,38,39);/q;;+2/p-2. The molecule has 0 unspecified atom stereocenters. The third-order valence-corrected chi connectivity index (χ3v) is 14.8. The number of aromatic carboxylic acids is 2. The van der Waals surface area contributed by atoms with Gasteiger partial charge in [-0.05, 0) is 120 Å². The first-order chi connectivity index (χ1) is 37.9. The Hall–Kier alpha value is -8.80. The maximum Gasteiger partial charge on any atom is 2.00 e. The second-order valence-electron chi connectivity index (χ2n) is 20.1. The summed E-state index contributed by atoms with van der Waals surface area (Å²) in [5.41, 5.74) is 18.4. The Morgan fingerprint density at radius 3 is 1.18 bits per heavy atom. The molecule has 0 saturated heterocycles.